The molecule has 0 spiro atoms. The number of alkyl carbamates (subject to hydrolysis) is 1. The first kappa shape index (κ1) is 35.9. The summed E-state index contributed by atoms with van der Waals surface area (Å²) in [5, 5.41) is 2.58. The molecule has 0 radical (unpaired) electrons. The van der Waals surface area contributed by atoms with Crippen LogP contribution < -0.4 is 19.5 Å². The maximum Gasteiger partial charge on any atom is 0.408 e. The van der Waals surface area contributed by atoms with Crippen LogP contribution in [0.15, 0.2) is 59.5 Å². The zero-order valence-electron chi connectivity index (χ0n) is 27.5. The molecule has 0 bridgehead atoms. The lowest BCUT2D eigenvalue weighted by atomic mass is 9.92. The van der Waals surface area contributed by atoms with E-state index < -0.39 is 46.6 Å². The fourth-order valence-corrected chi connectivity index (χ4v) is 5.82. The molecule has 3 atom stereocenters. The summed E-state index contributed by atoms with van der Waals surface area (Å²) in [6, 6.07) is 14.2. The summed E-state index contributed by atoms with van der Waals surface area (Å²) in [6.07, 6.45) is -1.85. The van der Waals surface area contributed by atoms with Gasteiger partial charge < -0.3 is 33.7 Å². The number of aryl methyl sites for hydroxylation is 1. The summed E-state index contributed by atoms with van der Waals surface area (Å²) in [5.74, 6) is -0.336. The summed E-state index contributed by atoms with van der Waals surface area (Å²) in [5.41, 5.74) is 1.80. The molecule has 1 amide bonds. The molecule has 12 heteroatoms. The Morgan fingerprint density at radius 2 is 1.52 bits per heavy atom. The SMILES string of the molecule is COC(=O)[C@H](NC(=O)OC(C)(C)C)c1ccc(OC)c(-c2c(OC)cc(OC)cc2[C@H](C[S@@](=O)c2ccc(C)cc2)OC(C)=O)c1. The number of ether oxygens (including phenoxy) is 6. The highest BCUT2D eigenvalue weighted by atomic mass is 32.2. The van der Waals surface area contributed by atoms with Crippen LogP contribution in [0.3, 0.4) is 0 Å². The van der Waals surface area contributed by atoms with Gasteiger partial charge in [0.15, 0.2) is 6.04 Å². The van der Waals surface area contributed by atoms with Gasteiger partial charge in [-0.1, -0.05) is 23.8 Å². The normalized spacial score (nSPS) is 13.1. The summed E-state index contributed by atoms with van der Waals surface area (Å²) >= 11 is 0. The quantitative estimate of drug-likeness (QED) is 0.187. The molecule has 3 aromatic rings. The lowest BCUT2D eigenvalue weighted by molar-refractivity contribution is -0.145. The second-order valence-corrected chi connectivity index (χ2v) is 12.8. The Kier molecular flexibility index (Phi) is 12.2. The standard InChI is InChI=1S/C34H41NO10S/c1-20-10-13-24(14-11-20)46(39)19-29(44-21(2)36)26-17-23(40-6)18-28(42-8)30(26)25-16-22(12-15-27(25)41-7)31(32(37)43-9)35-33(38)45-34(3,4)5/h10-18,29,31H,19H2,1-9H3,(H,35,38)/t29-,31+,46+/m0/s1. The number of hydrogen-bond acceptors (Lipinski definition) is 10. The average Bonchev–Trinajstić information content (AvgIpc) is 3.01. The average molecular weight is 656 g/mol. The van der Waals surface area contributed by atoms with Crippen molar-refractivity contribution in [1.29, 1.82) is 0 Å². The van der Waals surface area contributed by atoms with Gasteiger partial charge in [-0.15, -0.1) is 0 Å². The van der Waals surface area contributed by atoms with Gasteiger partial charge >= 0.3 is 18.0 Å². The Morgan fingerprint density at radius 3 is 2.07 bits per heavy atom. The van der Waals surface area contributed by atoms with Crippen LogP contribution in [-0.4, -0.2) is 62.0 Å². The molecule has 1 N–H and O–H groups in total. The molecule has 0 aliphatic carbocycles. The van der Waals surface area contributed by atoms with Crippen molar-refractivity contribution in [3.8, 4) is 28.4 Å². The number of carbonyl (C=O) groups is 3. The molecule has 0 heterocycles. The summed E-state index contributed by atoms with van der Waals surface area (Å²) in [6.45, 7) is 8.30. The number of nitrogens with one attached hydrogen (secondary N) is 1. The van der Waals surface area contributed by atoms with Crippen molar-refractivity contribution in [3.63, 3.8) is 0 Å². The van der Waals surface area contributed by atoms with E-state index >= 15 is 0 Å². The number of hydrogen-bond donors (Lipinski definition) is 1. The molecule has 0 fully saturated rings. The first-order chi connectivity index (χ1) is 21.7. The summed E-state index contributed by atoms with van der Waals surface area (Å²) < 4.78 is 46.8. The van der Waals surface area contributed by atoms with Gasteiger partial charge in [0.05, 0.1) is 45.0 Å². The monoisotopic (exact) mass is 655 g/mol. The molecule has 11 nitrogen and oxygen atoms in total. The lowest BCUT2D eigenvalue weighted by Gasteiger charge is -2.25. The van der Waals surface area contributed by atoms with Crippen LogP contribution >= 0.6 is 0 Å². The lowest BCUT2D eigenvalue weighted by Crippen LogP contribution is -2.38. The van der Waals surface area contributed by atoms with Gasteiger partial charge in [0, 0.05) is 34.6 Å². The van der Waals surface area contributed by atoms with E-state index in [-0.39, 0.29) is 5.75 Å². The molecule has 46 heavy (non-hydrogen) atoms. The van der Waals surface area contributed by atoms with E-state index in [2.05, 4.69) is 5.32 Å². The Hall–Kier alpha value is -4.58. The van der Waals surface area contributed by atoms with E-state index in [1.54, 1.807) is 63.2 Å². The first-order valence-corrected chi connectivity index (χ1v) is 15.7. The number of methoxy groups -OCH3 is 4. The van der Waals surface area contributed by atoms with E-state index in [0.29, 0.717) is 44.4 Å². The van der Waals surface area contributed by atoms with Crippen LogP contribution in [-0.2, 0) is 34.6 Å². The molecule has 3 rings (SSSR count). The molecule has 0 aliphatic rings. The Balaban J connectivity index is 2.26. The smallest absolute Gasteiger partial charge is 0.408 e. The topological polar surface area (TPSA) is 136 Å². The highest BCUT2D eigenvalue weighted by Gasteiger charge is 2.31. The van der Waals surface area contributed by atoms with Crippen molar-refractivity contribution in [2.75, 3.05) is 34.2 Å². The number of carbonyl (C=O) groups excluding carboxylic acids is 3. The molecule has 0 aromatic heterocycles. The van der Waals surface area contributed by atoms with Crippen LogP contribution in [0.25, 0.3) is 11.1 Å². The predicted molar refractivity (Wildman–Crippen MR) is 173 cm³/mol. The van der Waals surface area contributed by atoms with Crippen LogP contribution in [0, 0.1) is 6.92 Å². The number of esters is 2. The zero-order valence-corrected chi connectivity index (χ0v) is 28.4. The maximum atomic E-state index is 13.6. The molecule has 0 aliphatic heterocycles. The van der Waals surface area contributed by atoms with Crippen LogP contribution in [0.4, 0.5) is 4.79 Å². The second kappa shape index (κ2) is 15.6. The van der Waals surface area contributed by atoms with Gasteiger partial charge in [0.25, 0.3) is 0 Å². The Bertz CT molecular complexity index is 1580. The van der Waals surface area contributed by atoms with Gasteiger partial charge in [-0.2, -0.15) is 0 Å². The van der Waals surface area contributed by atoms with Crippen molar-refractivity contribution in [2.45, 2.75) is 57.3 Å². The number of amides is 1. The predicted octanol–water partition coefficient (Wildman–Crippen LogP) is 5.84. The summed E-state index contributed by atoms with van der Waals surface area (Å²) in [7, 11) is 4.05. The second-order valence-electron chi connectivity index (χ2n) is 11.3. The fraction of sp³-hybridized carbons (Fsp3) is 0.382. The highest BCUT2D eigenvalue weighted by molar-refractivity contribution is 7.85. The van der Waals surface area contributed by atoms with E-state index in [4.69, 9.17) is 28.4 Å². The van der Waals surface area contributed by atoms with Gasteiger partial charge in [-0.3, -0.25) is 9.00 Å². The van der Waals surface area contributed by atoms with Crippen molar-refractivity contribution in [3.05, 3.63) is 71.3 Å². The summed E-state index contributed by atoms with van der Waals surface area (Å²) in [4.78, 5) is 38.6. The minimum atomic E-state index is -1.57. The third-order valence-electron chi connectivity index (χ3n) is 6.73. The zero-order chi connectivity index (χ0) is 34.2. The highest BCUT2D eigenvalue weighted by Crippen LogP contribution is 2.45. The van der Waals surface area contributed by atoms with Gasteiger partial charge in [-0.25, -0.2) is 9.59 Å². The van der Waals surface area contributed by atoms with Crippen molar-refractivity contribution >= 4 is 28.8 Å². The Labute approximate surface area is 271 Å². The molecule has 0 unspecified atom stereocenters. The van der Waals surface area contributed by atoms with E-state index in [0.717, 1.165) is 5.56 Å². The van der Waals surface area contributed by atoms with Crippen LogP contribution in [0.2, 0.25) is 0 Å². The third kappa shape index (κ3) is 9.23. The molecular formula is C34H41NO10S. The largest absolute Gasteiger partial charge is 0.497 e. The molecule has 248 valence electrons. The van der Waals surface area contributed by atoms with E-state index in [9.17, 15) is 18.6 Å². The minimum Gasteiger partial charge on any atom is -0.497 e. The maximum absolute atomic E-state index is 13.6. The van der Waals surface area contributed by atoms with Crippen molar-refractivity contribution in [2.24, 2.45) is 0 Å². The van der Waals surface area contributed by atoms with E-state index in [1.807, 2.05) is 19.1 Å². The van der Waals surface area contributed by atoms with Crippen LogP contribution in [0.1, 0.15) is 56.5 Å². The van der Waals surface area contributed by atoms with E-state index in [1.165, 1.54) is 35.4 Å². The number of benzene rings is 3. The molecule has 0 saturated carbocycles. The molecule has 0 saturated heterocycles. The van der Waals surface area contributed by atoms with Crippen molar-refractivity contribution < 1.29 is 47.0 Å². The third-order valence-corrected chi connectivity index (χ3v) is 8.13. The minimum absolute atomic E-state index is 0.0844. The fourth-order valence-electron chi connectivity index (χ4n) is 4.67. The number of rotatable bonds is 12. The van der Waals surface area contributed by atoms with Gasteiger partial charge in [0.1, 0.15) is 29.0 Å². The first-order valence-electron chi connectivity index (χ1n) is 14.3. The molecular weight excluding hydrogens is 614 g/mol. The Morgan fingerprint density at radius 1 is 0.870 bits per heavy atom. The van der Waals surface area contributed by atoms with Gasteiger partial charge in [0.2, 0.25) is 0 Å². The van der Waals surface area contributed by atoms with Crippen LogP contribution in [0.5, 0.6) is 17.2 Å². The van der Waals surface area contributed by atoms with Crippen molar-refractivity contribution in [1.82, 2.24) is 5.32 Å². The van der Waals surface area contributed by atoms with Gasteiger partial charge in [-0.05, 0) is 63.6 Å². The molecule has 3 aromatic carbocycles.